The number of hydrogen-bond donors (Lipinski definition) is 5. The van der Waals surface area contributed by atoms with E-state index >= 15 is 0 Å². The number of carbonyl (C=O) groups is 2. The van der Waals surface area contributed by atoms with Gasteiger partial charge in [-0.1, -0.05) is 0 Å². The predicted octanol–water partition coefficient (Wildman–Crippen LogP) is -0.0371. The first-order chi connectivity index (χ1) is 7.98. The van der Waals surface area contributed by atoms with Crippen molar-refractivity contribution in [2.24, 2.45) is 5.73 Å². The Bertz CT molecular complexity index is 308. The molecule has 106 valence electrons. The van der Waals surface area contributed by atoms with Crippen LogP contribution < -0.4 is 16.4 Å². The summed E-state index contributed by atoms with van der Waals surface area (Å²) < 4.78 is -1.54. The maximum atomic E-state index is 11.7. The third-order valence-corrected chi connectivity index (χ3v) is 2.65. The number of carbonyl (C=O) groups excluding carboxylic acids is 2. The molecule has 4 N–H and O–H groups in total. The van der Waals surface area contributed by atoms with Crippen LogP contribution >= 0.6 is 25.3 Å². The lowest BCUT2D eigenvalue weighted by Crippen LogP contribution is -2.53. The molecule has 5 nitrogen and oxygen atoms in total. The molecule has 0 aromatic heterocycles. The van der Waals surface area contributed by atoms with Gasteiger partial charge in [-0.05, 0) is 27.7 Å². The minimum Gasteiger partial charge on any atom is -0.353 e. The van der Waals surface area contributed by atoms with E-state index in [-0.39, 0.29) is 30.9 Å². The highest BCUT2D eigenvalue weighted by atomic mass is 32.1. The van der Waals surface area contributed by atoms with Crippen LogP contribution in [0.25, 0.3) is 0 Å². The lowest BCUT2D eigenvalue weighted by molar-refractivity contribution is -0.125. The molecule has 0 rings (SSSR count). The third-order valence-electron chi connectivity index (χ3n) is 2.24. The number of amides is 2. The van der Waals surface area contributed by atoms with Crippen molar-refractivity contribution in [2.45, 2.75) is 43.2 Å². The molecule has 0 saturated carbocycles. The highest BCUT2D eigenvalue weighted by Gasteiger charge is 2.26. The minimum atomic E-state index is -0.778. The molecule has 0 fully saturated rings. The molecule has 0 bridgehead atoms. The fraction of sp³-hybridized carbons (Fsp3) is 0.818. The van der Waals surface area contributed by atoms with Gasteiger partial charge in [-0.2, -0.15) is 25.3 Å². The zero-order chi connectivity index (χ0) is 14.6. The summed E-state index contributed by atoms with van der Waals surface area (Å²) in [6, 6.07) is -0.316. The van der Waals surface area contributed by atoms with Gasteiger partial charge in [-0.3, -0.25) is 9.59 Å². The van der Waals surface area contributed by atoms with Gasteiger partial charge in [0.05, 0.1) is 15.5 Å². The number of hydrogen-bond acceptors (Lipinski definition) is 5. The Balaban J connectivity index is 4.30. The van der Waals surface area contributed by atoms with E-state index in [1.54, 1.807) is 27.7 Å². The van der Waals surface area contributed by atoms with E-state index in [1.165, 1.54) is 0 Å². The van der Waals surface area contributed by atoms with E-state index in [4.69, 9.17) is 5.73 Å². The zero-order valence-electron chi connectivity index (χ0n) is 11.3. The van der Waals surface area contributed by atoms with Crippen LogP contribution in [0.5, 0.6) is 0 Å². The second-order valence-electron chi connectivity index (χ2n) is 5.23. The molecule has 7 heteroatoms. The molecule has 2 amide bonds. The van der Waals surface area contributed by atoms with Crippen molar-refractivity contribution < 1.29 is 9.59 Å². The van der Waals surface area contributed by atoms with E-state index in [2.05, 4.69) is 35.9 Å². The Morgan fingerprint density at radius 1 is 1.11 bits per heavy atom. The number of nitrogens with one attached hydrogen (secondary N) is 2. The van der Waals surface area contributed by atoms with E-state index in [0.717, 1.165) is 0 Å². The van der Waals surface area contributed by atoms with Crippen molar-refractivity contribution in [3.8, 4) is 0 Å². The van der Waals surface area contributed by atoms with Gasteiger partial charge in [0, 0.05) is 13.1 Å². The van der Waals surface area contributed by atoms with Crippen LogP contribution in [-0.2, 0) is 9.59 Å². The molecule has 0 spiro atoms. The fourth-order valence-electron chi connectivity index (χ4n) is 0.988. The van der Waals surface area contributed by atoms with Gasteiger partial charge in [-0.25, -0.2) is 0 Å². The van der Waals surface area contributed by atoms with E-state index in [9.17, 15) is 9.59 Å². The monoisotopic (exact) mass is 293 g/mol. The van der Waals surface area contributed by atoms with Crippen molar-refractivity contribution in [1.82, 2.24) is 10.6 Å². The lowest BCUT2D eigenvalue weighted by atomic mass is 10.1. The second kappa shape index (κ2) is 6.68. The van der Waals surface area contributed by atoms with Crippen LogP contribution in [0.4, 0.5) is 0 Å². The third kappa shape index (κ3) is 6.51. The first-order valence-electron chi connectivity index (χ1n) is 5.72. The Kier molecular flexibility index (Phi) is 6.53. The quantitative estimate of drug-likeness (QED) is 0.446. The van der Waals surface area contributed by atoms with Gasteiger partial charge in [0.25, 0.3) is 0 Å². The summed E-state index contributed by atoms with van der Waals surface area (Å²) in [7, 11) is 0. The first-order valence-corrected chi connectivity index (χ1v) is 6.62. The van der Waals surface area contributed by atoms with Crippen LogP contribution in [0.3, 0.4) is 0 Å². The van der Waals surface area contributed by atoms with Crippen LogP contribution in [0.15, 0.2) is 0 Å². The Labute approximate surface area is 119 Å². The molecular weight excluding hydrogens is 270 g/mol. The second-order valence-corrected chi connectivity index (χ2v) is 7.47. The van der Waals surface area contributed by atoms with Crippen LogP contribution in [-0.4, -0.2) is 40.4 Å². The largest absolute Gasteiger partial charge is 0.353 e. The molecule has 0 radical (unpaired) electrons. The van der Waals surface area contributed by atoms with Gasteiger partial charge >= 0.3 is 0 Å². The van der Waals surface area contributed by atoms with Gasteiger partial charge < -0.3 is 16.4 Å². The van der Waals surface area contributed by atoms with Crippen molar-refractivity contribution >= 4 is 37.1 Å². The molecule has 0 aliphatic heterocycles. The first kappa shape index (κ1) is 17.6. The Hall–Kier alpha value is -0.400. The molecule has 0 aromatic carbocycles. The van der Waals surface area contributed by atoms with Crippen LogP contribution in [0.2, 0.25) is 0 Å². The molecule has 0 aromatic rings. The summed E-state index contributed by atoms with van der Waals surface area (Å²) in [5.41, 5.74) is 5.55. The zero-order valence-corrected chi connectivity index (χ0v) is 13.1. The SMILES string of the molecule is CC(C)(S)C(=O)NCC(CN)NC(=O)C(C)(C)S. The van der Waals surface area contributed by atoms with Gasteiger partial charge in [0.1, 0.15) is 0 Å². The molecule has 0 aliphatic rings. The van der Waals surface area contributed by atoms with Crippen molar-refractivity contribution in [3.63, 3.8) is 0 Å². The van der Waals surface area contributed by atoms with E-state index < -0.39 is 9.49 Å². The lowest BCUT2D eigenvalue weighted by Gasteiger charge is -2.24. The molecule has 1 atom stereocenters. The smallest absolute Gasteiger partial charge is 0.235 e. The minimum absolute atomic E-state index is 0.205. The summed E-state index contributed by atoms with van der Waals surface area (Å²) in [5.74, 6) is -0.427. The number of rotatable bonds is 6. The molecule has 0 saturated heterocycles. The van der Waals surface area contributed by atoms with Crippen molar-refractivity contribution in [3.05, 3.63) is 0 Å². The van der Waals surface area contributed by atoms with E-state index in [1.807, 2.05) is 0 Å². The average molecular weight is 293 g/mol. The number of nitrogens with two attached hydrogens (primary N) is 1. The standard InChI is InChI=1S/C11H23N3O2S2/c1-10(2,17)8(15)13-6-7(5-12)14-9(16)11(3,4)18/h7,17-18H,5-6,12H2,1-4H3,(H,13,15)(H,14,16). The molecule has 0 aliphatic carbocycles. The molecule has 1 unspecified atom stereocenters. The maximum Gasteiger partial charge on any atom is 0.235 e. The van der Waals surface area contributed by atoms with E-state index in [0.29, 0.717) is 0 Å². The summed E-state index contributed by atoms with van der Waals surface area (Å²) in [5, 5.41) is 5.43. The summed E-state index contributed by atoms with van der Waals surface area (Å²) >= 11 is 8.32. The fourth-order valence-corrected chi connectivity index (χ4v) is 1.13. The highest BCUT2D eigenvalue weighted by molar-refractivity contribution is 7.82. The van der Waals surface area contributed by atoms with Crippen molar-refractivity contribution in [2.75, 3.05) is 13.1 Å². The molecule has 0 heterocycles. The van der Waals surface area contributed by atoms with Gasteiger partial charge in [-0.15, -0.1) is 0 Å². The maximum absolute atomic E-state index is 11.7. The summed E-state index contributed by atoms with van der Waals surface area (Å²) in [6.45, 7) is 7.28. The summed E-state index contributed by atoms with van der Waals surface area (Å²) in [4.78, 5) is 23.3. The normalized spacial score (nSPS) is 13.9. The van der Waals surface area contributed by atoms with Gasteiger partial charge in [0.15, 0.2) is 0 Å². The highest BCUT2D eigenvalue weighted by Crippen LogP contribution is 2.12. The molecule has 18 heavy (non-hydrogen) atoms. The van der Waals surface area contributed by atoms with Crippen molar-refractivity contribution in [1.29, 1.82) is 0 Å². The molecular formula is C11H23N3O2S2. The Morgan fingerprint density at radius 2 is 1.56 bits per heavy atom. The van der Waals surface area contributed by atoms with Crippen LogP contribution in [0.1, 0.15) is 27.7 Å². The Morgan fingerprint density at radius 3 is 1.89 bits per heavy atom. The van der Waals surface area contributed by atoms with Crippen LogP contribution in [0, 0.1) is 0 Å². The number of thiol groups is 2. The predicted molar refractivity (Wildman–Crippen MR) is 80.1 cm³/mol. The average Bonchev–Trinajstić information content (AvgIpc) is 2.20. The summed E-state index contributed by atoms with van der Waals surface area (Å²) in [6.07, 6.45) is 0. The topological polar surface area (TPSA) is 84.2 Å². The van der Waals surface area contributed by atoms with Gasteiger partial charge in [0.2, 0.25) is 11.8 Å².